The van der Waals surface area contributed by atoms with E-state index in [1.807, 2.05) is 11.6 Å². The van der Waals surface area contributed by atoms with Gasteiger partial charge in [-0.1, -0.05) is 0 Å². The second kappa shape index (κ2) is 2.17. The lowest BCUT2D eigenvalue weighted by molar-refractivity contribution is -0.769. The molecule has 1 N–H and O–H groups in total. The minimum atomic E-state index is 0.478. The van der Waals surface area contributed by atoms with Crippen LogP contribution in [0.3, 0.4) is 0 Å². The molecule has 3 heteroatoms. The molecule has 3 nitrogen and oxygen atoms in total. The zero-order valence-corrected chi connectivity index (χ0v) is 6.05. The molecule has 0 spiro atoms. The van der Waals surface area contributed by atoms with E-state index in [2.05, 4.69) is 23.9 Å². The lowest BCUT2D eigenvalue weighted by Gasteiger charge is -1.94. The van der Waals surface area contributed by atoms with Gasteiger partial charge in [0.15, 0.2) is 0 Å². The molecule has 0 fully saturated rings. The van der Waals surface area contributed by atoms with Gasteiger partial charge in [0, 0.05) is 6.92 Å². The molecule has 1 aromatic heterocycles. The van der Waals surface area contributed by atoms with Crippen LogP contribution in [0.2, 0.25) is 0 Å². The Morgan fingerprint density at radius 2 is 2.33 bits per heavy atom. The zero-order chi connectivity index (χ0) is 6.85. The van der Waals surface area contributed by atoms with E-state index in [-0.39, 0.29) is 0 Å². The molecule has 50 valence electrons. The van der Waals surface area contributed by atoms with Crippen LogP contribution in [-0.4, -0.2) is 10.1 Å². The molecule has 0 saturated carbocycles. The first-order valence-electron chi connectivity index (χ1n) is 3.13. The Labute approximate surface area is 54.7 Å². The lowest BCUT2D eigenvalue weighted by Crippen LogP contribution is -2.37. The first-order valence-corrected chi connectivity index (χ1v) is 3.13. The molecular formula is C6H12N3+. The third kappa shape index (κ3) is 1.28. The molecule has 0 unspecified atom stereocenters. The number of aryl methyl sites for hydroxylation is 1. The normalized spacial score (nSPS) is 10.7. The highest BCUT2D eigenvalue weighted by atomic mass is 15.3. The lowest BCUT2D eigenvalue weighted by atomic mass is 10.4. The predicted molar refractivity (Wildman–Crippen MR) is 33.9 cm³/mol. The number of nitrogens with one attached hydrogen (secondary N) is 1. The minimum absolute atomic E-state index is 0.478. The molecule has 1 aromatic rings. The highest BCUT2D eigenvalue weighted by molar-refractivity contribution is 4.66. The van der Waals surface area contributed by atoms with Crippen molar-refractivity contribution in [1.82, 2.24) is 10.1 Å². The van der Waals surface area contributed by atoms with E-state index in [4.69, 9.17) is 0 Å². The number of H-pyrrole nitrogens is 1. The molecule has 0 bridgehead atoms. The van der Waals surface area contributed by atoms with Crippen molar-refractivity contribution in [2.75, 3.05) is 0 Å². The van der Waals surface area contributed by atoms with Crippen LogP contribution in [-0.2, 0) is 0 Å². The summed E-state index contributed by atoms with van der Waals surface area (Å²) in [6, 6.07) is 0.478. The van der Waals surface area contributed by atoms with Gasteiger partial charge in [0.25, 0.3) is 0 Å². The molecule has 0 amide bonds. The first kappa shape index (κ1) is 6.26. The van der Waals surface area contributed by atoms with Crippen LogP contribution in [0, 0.1) is 6.92 Å². The summed E-state index contributed by atoms with van der Waals surface area (Å²) in [5.41, 5.74) is 0. The van der Waals surface area contributed by atoms with Crippen LogP contribution < -0.4 is 4.68 Å². The smallest absolute Gasteiger partial charge is 0.191 e. The summed E-state index contributed by atoms with van der Waals surface area (Å²) >= 11 is 0. The maximum Gasteiger partial charge on any atom is 0.307 e. The Morgan fingerprint density at radius 1 is 1.67 bits per heavy atom. The van der Waals surface area contributed by atoms with Crippen molar-refractivity contribution in [2.24, 2.45) is 0 Å². The predicted octanol–water partition coefficient (Wildman–Crippen LogP) is 0.587. The highest BCUT2D eigenvalue weighted by Gasteiger charge is 2.05. The van der Waals surface area contributed by atoms with Gasteiger partial charge in [0.2, 0.25) is 5.82 Å². The van der Waals surface area contributed by atoms with E-state index >= 15 is 0 Å². The van der Waals surface area contributed by atoms with Crippen molar-refractivity contribution in [3.63, 3.8) is 0 Å². The number of aromatic amines is 1. The van der Waals surface area contributed by atoms with Crippen molar-refractivity contribution >= 4 is 0 Å². The third-order valence-corrected chi connectivity index (χ3v) is 1.22. The fourth-order valence-electron chi connectivity index (χ4n) is 0.656. The average molecular weight is 126 g/mol. The Balaban J connectivity index is 2.85. The SMILES string of the molecule is Cc1nc[n+](C(C)C)[nH]1. The molecule has 0 aliphatic heterocycles. The van der Waals surface area contributed by atoms with Gasteiger partial charge in [-0.25, -0.2) is 0 Å². The number of rotatable bonds is 1. The molecule has 1 rings (SSSR count). The molecule has 0 saturated heterocycles. The standard InChI is InChI=1S/C6H11N3/c1-5(2)9-4-7-6(3)8-9/h4-5H,1-3H3/p+1. The van der Waals surface area contributed by atoms with E-state index in [1.54, 1.807) is 6.33 Å². The van der Waals surface area contributed by atoms with Gasteiger partial charge in [-0.3, -0.25) is 0 Å². The summed E-state index contributed by atoms with van der Waals surface area (Å²) in [6.45, 7) is 6.16. The maximum atomic E-state index is 4.05. The minimum Gasteiger partial charge on any atom is -0.191 e. The number of nitrogens with zero attached hydrogens (tertiary/aromatic N) is 2. The van der Waals surface area contributed by atoms with Gasteiger partial charge in [-0.15, -0.1) is 0 Å². The second-order valence-electron chi connectivity index (χ2n) is 2.44. The van der Waals surface area contributed by atoms with Crippen LogP contribution in [0.5, 0.6) is 0 Å². The van der Waals surface area contributed by atoms with Gasteiger partial charge in [0.05, 0.1) is 0 Å². The fourth-order valence-corrected chi connectivity index (χ4v) is 0.656. The summed E-state index contributed by atoms with van der Waals surface area (Å²) < 4.78 is 1.97. The first-order chi connectivity index (χ1) is 4.20. The summed E-state index contributed by atoms with van der Waals surface area (Å²) in [7, 11) is 0. The maximum absolute atomic E-state index is 4.05. The van der Waals surface area contributed by atoms with E-state index < -0.39 is 0 Å². The highest BCUT2D eigenvalue weighted by Crippen LogP contribution is 1.87. The van der Waals surface area contributed by atoms with Crippen molar-refractivity contribution in [3.8, 4) is 0 Å². The third-order valence-electron chi connectivity index (χ3n) is 1.22. The average Bonchev–Trinajstić information content (AvgIpc) is 2.14. The molecule has 0 radical (unpaired) electrons. The molecule has 0 aromatic carbocycles. The second-order valence-corrected chi connectivity index (χ2v) is 2.44. The van der Waals surface area contributed by atoms with Crippen molar-refractivity contribution in [3.05, 3.63) is 12.2 Å². The number of aromatic nitrogens is 3. The van der Waals surface area contributed by atoms with E-state index in [1.165, 1.54) is 0 Å². The van der Waals surface area contributed by atoms with Crippen molar-refractivity contribution in [1.29, 1.82) is 0 Å². The topological polar surface area (TPSA) is 32.6 Å². The van der Waals surface area contributed by atoms with Crippen LogP contribution in [0.1, 0.15) is 25.7 Å². The van der Waals surface area contributed by atoms with Gasteiger partial charge in [-0.05, 0) is 18.8 Å². The van der Waals surface area contributed by atoms with Crippen LogP contribution in [0.15, 0.2) is 6.33 Å². The number of hydrogen-bond acceptors (Lipinski definition) is 1. The largest absolute Gasteiger partial charge is 0.307 e. The molecule has 9 heavy (non-hydrogen) atoms. The van der Waals surface area contributed by atoms with Crippen LogP contribution >= 0.6 is 0 Å². The molecule has 0 atom stereocenters. The van der Waals surface area contributed by atoms with Gasteiger partial charge in [-0.2, -0.15) is 9.78 Å². The summed E-state index contributed by atoms with van der Waals surface area (Å²) in [4.78, 5) is 4.05. The Hall–Kier alpha value is -0.860. The van der Waals surface area contributed by atoms with Gasteiger partial charge >= 0.3 is 6.33 Å². The molecule has 0 aliphatic rings. The van der Waals surface area contributed by atoms with Crippen LogP contribution in [0.4, 0.5) is 0 Å². The van der Waals surface area contributed by atoms with Crippen molar-refractivity contribution < 1.29 is 4.68 Å². The van der Waals surface area contributed by atoms with Crippen LogP contribution in [0.25, 0.3) is 0 Å². The molecule has 1 heterocycles. The van der Waals surface area contributed by atoms with Gasteiger partial charge in [0.1, 0.15) is 6.04 Å². The summed E-state index contributed by atoms with van der Waals surface area (Å²) in [5.74, 6) is 0.962. The number of hydrogen-bond donors (Lipinski definition) is 1. The fraction of sp³-hybridized carbons (Fsp3) is 0.667. The van der Waals surface area contributed by atoms with E-state index in [0.717, 1.165) is 5.82 Å². The monoisotopic (exact) mass is 126 g/mol. The summed E-state index contributed by atoms with van der Waals surface area (Å²) in [6.07, 6.45) is 1.81. The Kier molecular flexibility index (Phi) is 1.51. The molecule has 0 aliphatic carbocycles. The quantitative estimate of drug-likeness (QED) is 0.549. The van der Waals surface area contributed by atoms with E-state index in [9.17, 15) is 0 Å². The Morgan fingerprint density at radius 3 is 2.56 bits per heavy atom. The van der Waals surface area contributed by atoms with E-state index in [0.29, 0.717) is 6.04 Å². The summed E-state index contributed by atoms with van der Waals surface area (Å²) in [5, 5.41) is 3.08. The van der Waals surface area contributed by atoms with Crippen molar-refractivity contribution in [2.45, 2.75) is 26.8 Å². The van der Waals surface area contributed by atoms with Gasteiger partial charge < -0.3 is 0 Å². The Bertz CT molecular complexity index is 190. The molecular weight excluding hydrogens is 114 g/mol. The zero-order valence-electron chi connectivity index (χ0n) is 6.05.